The van der Waals surface area contributed by atoms with Crippen molar-refractivity contribution in [2.75, 3.05) is 13.1 Å². The maximum absolute atomic E-state index is 14.8. The fourth-order valence-electron chi connectivity index (χ4n) is 6.80. The number of nitrogens with two attached hydrogens (primary N) is 4. The zero-order valence-corrected chi connectivity index (χ0v) is 32.6. The van der Waals surface area contributed by atoms with Gasteiger partial charge in [0.15, 0.2) is 5.96 Å². The normalized spacial score (nSPS) is 14.8. The van der Waals surface area contributed by atoms with Gasteiger partial charge >= 0.3 is 0 Å². The summed E-state index contributed by atoms with van der Waals surface area (Å²) in [6.07, 6.45) is 2.17. The van der Waals surface area contributed by atoms with Crippen molar-refractivity contribution in [3.8, 4) is 0 Å². The molecule has 0 fully saturated rings. The minimum Gasteiger partial charge on any atom is -0.370 e. The second-order valence-corrected chi connectivity index (χ2v) is 15.0. The van der Waals surface area contributed by atoms with Gasteiger partial charge < -0.3 is 44.2 Å². The summed E-state index contributed by atoms with van der Waals surface area (Å²) in [5.41, 5.74) is 27.2. The van der Waals surface area contributed by atoms with E-state index in [1.165, 1.54) is 0 Å². The van der Waals surface area contributed by atoms with E-state index in [0.717, 1.165) is 38.4 Å². The first-order chi connectivity index (χ1) is 24.1. The third kappa shape index (κ3) is 10.6. The van der Waals surface area contributed by atoms with Crippen LogP contribution in [0.2, 0.25) is 0 Å². The molecule has 0 heterocycles. The van der Waals surface area contributed by atoms with E-state index in [0.29, 0.717) is 25.8 Å². The lowest BCUT2D eigenvalue weighted by molar-refractivity contribution is -0.135. The van der Waals surface area contributed by atoms with Gasteiger partial charge in [0, 0.05) is 6.54 Å². The molecule has 2 aromatic rings. The van der Waals surface area contributed by atoms with Crippen LogP contribution in [-0.2, 0) is 30.8 Å². The summed E-state index contributed by atoms with van der Waals surface area (Å²) in [5, 5.41) is 17.9. The zero-order chi connectivity index (χ0) is 39.6. The molecule has 22 heteroatoms. The number of guanidine groups is 1. The standard InChI is InChI=1S/C30H54B9N9O4/c31-18-17(19(32)21(34)22(35)20(18)33)29(37,38)30(39,26(52)48-28(36,25(42)51)10-4-5-11-40)47-24(50)16(9-6-12-45-27(43)44)46-23(49)15(41)13-14-7-2-1-3-8-14/h1-3,7-8,15-16H,4-6,9-13,31-41H2,(H2,42,51)(H,46,49)(H,47,50)(H,48,52)(H4,43,44,45)/t15-,16+,28-,30+/m0/s1. The molecule has 13 nitrogen and oxygen atoms in total. The highest BCUT2D eigenvalue weighted by molar-refractivity contribution is 6.68. The third-order valence-electron chi connectivity index (χ3n) is 11.0. The number of nitrogens with one attached hydrogen (secondary N) is 5. The van der Waals surface area contributed by atoms with E-state index in [1.54, 1.807) is 15.7 Å². The summed E-state index contributed by atoms with van der Waals surface area (Å²) in [4.78, 5) is 55.7. The molecule has 0 unspecified atom stereocenters. The summed E-state index contributed by atoms with van der Waals surface area (Å²) in [7, 11) is 17.2. The van der Waals surface area contributed by atoms with Crippen molar-refractivity contribution in [3.05, 3.63) is 41.5 Å². The van der Waals surface area contributed by atoms with E-state index in [-0.39, 0.29) is 31.8 Å². The zero-order valence-electron chi connectivity index (χ0n) is 32.6. The first-order valence-electron chi connectivity index (χ1n) is 18.0. The van der Waals surface area contributed by atoms with Gasteiger partial charge in [-0.15, -0.1) is 16.4 Å². The van der Waals surface area contributed by atoms with Gasteiger partial charge in [0.2, 0.25) is 23.6 Å². The van der Waals surface area contributed by atoms with Crippen molar-refractivity contribution in [1.82, 2.24) is 21.3 Å². The molecule has 0 saturated heterocycles. The number of rotatable bonds is 19. The molecule has 4 amide bonds. The average Bonchev–Trinajstić information content (AvgIpc) is 3.07. The topological polar surface area (TPSA) is 244 Å². The van der Waals surface area contributed by atoms with E-state index in [9.17, 15) is 19.2 Å². The number of unbranched alkanes of at least 4 members (excludes halogenated alkanes) is 1. The SMILES string of the molecule is Bc1c(B)c(B)c(C(B)(B)[C@](B)(NC(=O)[C@@H](CCCNC(=N)N)NC(=O)[C@@H](N)Cc2ccccc2)C(=O)N[C@@](B)(CCCCN)C(N)=O)c(B)c1B. The summed E-state index contributed by atoms with van der Waals surface area (Å²) in [6.45, 7) is 0.687. The molecule has 2 rings (SSSR count). The van der Waals surface area contributed by atoms with Crippen LogP contribution in [0.3, 0.4) is 0 Å². The predicted octanol–water partition coefficient (Wildman–Crippen LogP) is -13.8. The molecule has 4 atom stereocenters. The van der Waals surface area contributed by atoms with E-state index in [2.05, 4.69) is 29.1 Å². The van der Waals surface area contributed by atoms with Crippen molar-refractivity contribution in [2.24, 2.45) is 22.9 Å². The molecule has 0 saturated carbocycles. The van der Waals surface area contributed by atoms with Crippen LogP contribution < -0.4 is 71.5 Å². The fraction of sp³-hybridized carbons (Fsp3) is 0.433. The fourth-order valence-corrected chi connectivity index (χ4v) is 6.80. The molecule has 0 spiro atoms. The van der Waals surface area contributed by atoms with Gasteiger partial charge in [-0.25, -0.2) is 0 Å². The number of primary amides is 1. The van der Waals surface area contributed by atoms with Crippen LogP contribution in [0.15, 0.2) is 30.3 Å². The third-order valence-corrected chi connectivity index (χ3v) is 11.0. The maximum Gasteiger partial charge on any atom is 0.242 e. The Morgan fingerprint density at radius 2 is 1.35 bits per heavy atom. The minimum absolute atomic E-state index is 0.146. The molecular formula is C30H54B9N9O4. The first kappa shape index (κ1) is 44.3. The van der Waals surface area contributed by atoms with Crippen LogP contribution in [0.25, 0.3) is 0 Å². The molecule has 0 aliphatic carbocycles. The Labute approximate surface area is 316 Å². The molecule has 0 aromatic heterocycles. The van der Waals surface area contributed by atoms with E-state index < -0.39 is 51.8 Å². The smallest absolute Gasteiger partial charge is 0.242 e. The Morgan fingerprint density at radius 1 is 0.788 bits per heavy atom. The molecule has 270 valence electrons. The summed E-state index contributed by atoms with van der Waals surface area (Å²) < 4.78 is 0. The molecule has 0 bridgehead atoms. The van der Waals surface area contributed by atoms with Gasteiger partial charge in [0.1, 0.15) is 76.7 Å². The number of hydrogen-bond acceptors (Lipinski definition) is 7. The predicted molar refractivity (Wildman–Crippen MR) is 236 cm³/mol. The Balaban J connectivity index is 2.68. The summed E-state index contributed by atoms with van der Waals surface area (Å²) in [5.74, 6) is -2.70. The van der Waals surface area contributed by atoms with Crippen LogP contribution >= 0.6 is 0 Å². The highest BCUT2D eigenvalue weighted by atomic mass is 16.2. The van der Waals surface area contributed by atoms with Gasteiger partial charge in [0.05, 0.1) is 16.9 Å². The van der Waals surface area contributed by atoms with Gasteiger partial charge in [-0.1, -0.05) is 53.2 Å². The number of carbonyl (C=O) groups excluding carboxylic acids is 4. The van der Waals surface area contributed by atoms with Crippen LogP contribution in [0.4, 0.5) is 0 Å². The van der Waals surface area contributed by atoms with Gasteiger partial charge in [0.25, 0.3) is 0 Å². The largest absolute Gasteiger partial charge is 0.370 e. The van der Waals surface area contributed by atoms with E-state index >= 15 is 0 Å². The molecule has 2 aromatic carbocycles. The Kier molecular flexibility index (Phi) is 15.9. The average molecular weight is 702 g/mol. The van der Waals surface area contributed by atoms with Crippen molar-refractivity contribution in [2.45, 2.75) is 66.7 Å². The van der Waals surface area contributed by atoms with Crippen LogP contribution in [0.1, 0.15) is 43.2 Å². The second kappa shape index (κ2) is 18.7. The molecule has 0 aliphatic heterocycles. The van der Waals surface area contributed by atoms with Crippen molar-refractivity contribution in [3.63, 3.8) is 0 Å². The van der Waals surface area contributed by atoms with E-state index in [4.69, 9.17) is 28.3 Å². The molecule has 52 heavy (non-hydrogen) atoms. The van der Waals surface area contributed by atoms with E-state index in [1.807, 2.05) is 77.4 Å². The Bertz CT molecular complexity index is 1610. The van der Waals surface area contributed by atoms with Crippen LogP contribution in [0, 0.1) is 5.41 Å². The van der Waals surface area contributed by atoms with Crippen molar-refractivity contribution >= 4 is 128 Å². The van der Waals surface area contributed by atoms with Crippen molar-refractivity contribution < 1.29 is 19.2 Å². The highest BCUT2D eigenvalue weighted by Crippen LogP contribution is 2.27. The molecular weight excluding hydrogens is 648 g/mol. The van der Waals surface area contributed by atoms with Gasteiger partial charge in [-0.2, -0.15) is 0 Å². The molecule has 0 radical (unpaired) electrons. The summed E-state index contributed by atoms with van der Waals surface area (Å²) in [6, 6.07) is 7.25. The monoisotopic (exact) mass is 704 g/mol. The lowest BCUT2D eigenvalue weighted by Gasteiger charge is -2.48. The van der Waals surface area contributed by atoms with Crippen LogP contribution in [0.5, 0.6) is 0 Å². The quantitative estimate of drug-likeness (QED) is 0.0294. The Morgan fingerprint density at radius 3 is 1.87 bits per heavy atom. The minimum atomic E-state index is -1.69. The lowest BCUT2D eigenvalue weighted by Crippen LogP contribution is -2.77. The lowest BCUT2D eigenvalue weighted by atomic mass is 9.34. The second-order valence-electron chi connectivity index (χ2n) is 15.0. The highest BCUT2D eigenvalue weighted by Gasteiger charge is 2.52. The number of benzene rings is 2. The molecule has 0 aliphatic rings. The number of amides is 4. The van der Waals surface area contributed by atoms with Gasteiger partial charge in [-0.3, -0.25) is 24.6 Å². The molecule has 13 N–H and O–H groups in total. The Hall–Kier alpha value is -3.91. The van der Waals surface area contributed by atoms with Crippen LogP contribution in [-0.4, -0.2) is 136 Å². The van der Waals surface area contributed by atoms with Gasteiger partial charge in [-0.05, 0) is 49.4 Å². The number of hydrogen-bond donors (Lipinski definition) is 9. The maximum atomic E-state index is 14.8. The number of carbonyl (C=O) groups is 4. The summed E-state index contributed by atoms with van der Waals surface area (Å²) >= 11 is 0. The van der Waals surface area contributed by atoms with Crippen molar-refractivity contribution in [1.29, 1.82) is 5.41 Å². The first-order valence-corrected chi connectivity index (χ1v) is 18.0.